The number of rotatable bonds is 1. The molecule has 33 heavy (non-hydrogen) atoms. The molecule has 2 aliphatic rings. The minimum atomic E-state index is -0.510. The minimum Gasteiger partial charge on any atom is -0.490 e. The minimum absolute atomic E-state index is 0.0808. The van der Waals surface area contributed by atoms with E-state index in [4.69, 9.17) is 21.1 Å². The van der Waals surface area contributed by atoms with Crippen molar-refractivity contribution >= 4 is 28.6 Å². The van der Waals surface area contributed by atoms with Crippen LogP contribution in [0.25, 0.3) is 22.0 Å². The molecule has 3 heterocycles. The monoisotopic (exact) mass is 468 g/mol. The Morgan fingerprint density at radius 3 is 2.85 bits per heavy atom. The number of amides is 1. The molecule has 2 aliphatic heterocycles. The standard InChI is InChI=1S/C25H29ClN4O3/c1-15-5-8-20-19(11-27-28-20)21(15)18-7-6-16-12-29-9-10-30(24(31)33-25(2,3)4)13-17(29)14-32-23(16)22(18)26/h5-8,11,17H,9-10,12-14H2,1-4H3,(H,27,28)/t17-/m1/s1. The molecule has 0 spiro atoms. The van der Waals surface area contributed by atoms with Gasteiger partial charge >= 0.3 is 6.09 Å². The number of carbonyl (C=O) groups is 1. The number of ether oxygens (including phenoxy) is 2. The Hall–Kier alpha value is -2.77. The van der Waals surface area contributed by atoms with Gasteiger partial charge in [0.15, 0.2) is 0 Å². The number of H-pyrrole nitrogens is 1. The molecule has 1 aromatic heterocycles. The van der Waals surface area contributed by atoms with Gasteiger partial charge in [-0.1, -0.05) is 29.8 Å². The second kappa shape index (κ2) is 8.22. The highest BCUT2D eigenvalue weighted by molar-refractivity contribution is 6.35. The summed E-state index contributed by atoms with van der Waals surface area (Å²) in [5.74, 6) is 0.729. The lowest BCUT2D eigenvalue weighted by Crippen LogP contribution is -2.56. The Bertz CT molecular complexity index is 1220. The summed E-state index contributed by atoms with van der Waals surface area (Å²) in [7, 11) is 0. The number of aromatic amines is 1. The highest BCUT2D eigenvalue weighted by atomic mass is 35.5. The van der Waals surface area contributed by atoms with E-state index < -0.39 is 5.60 Å². The molecule has 2 aromatic carbocycles. The molecular formula is C25H29ClN4O3. The first-order valence-corrected chi connectivity index (χ1v) is 11.7. The summed E-state index contributed by atoms with van der Waals surface area (Å²) >= 11 is 6.96. The van der Waals surface area contributed by atoms with Crippen LogP contribution in [0.4, 0.5) is 4.79 Å². The number of aryl methyl sites for hydroxylation is 1. The van der Waals surface area contributed by atoms with Gasteiger partial charge in [0.05, 0.1) is 22.8 Å². The third kappa shape index (κ3) is 4.15. The van der Waals surface area contributed by atoms with Gasteiger partial charge in [-0.2, -0.15) is 5.10 Å². The van der Waals surface area contributed by atoms with Gasteiger partial charge in [-0.15, -0.1) is 0 Å². The molecule has 174 valence electrons. The predicted molar refractivity (Wildman–Crippen MR) is 129 cm³/mol. The number of halogens is 1. The summed E-state index contributed by atoms with van der Waals surface area (Å²) in [4.78, 5) is 16.7. The average Bonchev–Trinajstić information content (AvgIpc) is 3.14. The van der Waals surface area contributed by atoms with Crippen molar-refractivity contribution in [2.75, 3.05) is 26.2 Å². The summed E-state index contributed by atoms with van der Waals surface area (Å²) in [6, 6.07) is 8.37. The summed E-state index contributed by atoms with van der Waals surface area (Å²) < 4.78 is 11.9. The van der Waals surface area contributed by atoms with Gasteiger partial charge < -0.3 is 14.4 Å². The maximum absolute atomic E-state index is 12.6. The van der Waals surface area contributed by atoms with Crippen molar-refractivity contribution in [2.45, 2.75) is 45.9 Å². The Labute approximate surface area is 198 Å². The molecule has 7 nitrogen and oxygen atoms in total. The van der Waals surface area contributed by atoms with Gasteiger partial charge in [0, 0.05) is 42.7 Å². The van der Waals surface area contributed by atoms with Crippen molar-refractivity contribution in [3.05, 3.63) is 46.6 Å². The van der Waals surface area contributed by atoms with Crippen molar-refractivity contribution in [1.29, 1.82) is 0 Å². The number of fused-ring (bicyclic) bond motifs is 3. The van der Waals surface area contributed by atoms with Crippen LogP contribution in [-0.4, -0.2) is 64.0 Å². The summed E-state index contributed by atoms with van der Waals surface area (Å²) in [5, 5.41) is 8.90. The third-order valence-electron chi connectivity index (χ3n) is 6.33. The highest BCUT2D eigenvalue weighted by Gasteiger charge is 2.35. The molecule has 1 amide bonds. The number of nitrogens with one attached hydrogen (secondary N) is 1. The van der Waals surface area contributed by atoms with Crippen LogP contribution in [0.5, 0.6) is 5.75 Å². The fraction of sp³-hybridized carbons (Fsp3) is 0.440. The Morgan fingerprint density at radius 2 is 2.06 bits per heavy atom. The molecule has 1 fully saturated rings. The summed E-state index contributed by atoms with van der Waals surface area (Å²) in [6.45, 7) is 10.9. The molecule has 1 atom stereocenters. The van der Waals surface area contributed by atoms with Crippen molar-refractivity contribution in [3.8, 4) is 16.9 Å². The zero-order valence-corrected chi connectivity index (χ0v) is 20.2. The molecule has 1 saturated heterocycles. The number of carbonyl (C=O) groups excluding carboxylic acids is 1. The Morgan fingerprint density at radius 1 is 1.24 bits per heavy atom. The van der Waals surface area contributed by atoms with Crippen LogP contribution < -0.4 is 4.74 Å². The van der Waals surface area contributed by atoms with Gasteiger partial charge in [0.1, 0.15) is 18.0 Å². The molecule has 5 rings (SSSR count). The maximum atomic E-state index is 12.6. The largest absolute Gasteiger partial charge is 0.490 e. The molecular weight excluding hydrogens is 440 g/mol. The molecule has 0 unspecified atom stereocenters. The van der Waals surface area contributed by atoms with Crippen LogP contribution in [0.15, 0.2) is 30.5 Å². The van der Waals surface area contributed by atoms with E-state index >= 15 is 0 Å². The van der Waals surface area contributed by atoms with Crippen molar-refractivity contribution in [2.24, 2.45) is 0 Å². The van der Waals surface area contributed by atoms with Gasteiger partial charge in [0.2, 0.25) is 0 Å². The van der Waals surface area contributed by atoms with E-state index in [0.717, 1.165) is 52.0 Å². The molecule has 3 aromatic rings. The van der Waals surface area contributed by atoms with E-state index in [9.17, 15) is 4.79 Å². The number of benzene rings is 2. The number of hydrogen-bond acceptors (Lipinski definition) is 5. The highest BCUT2D eigenvalue weighted by Crippen LogP contribution is 2.43. The second-order valence-corrected chi connectivity index (χ2v) is 10.2. The first-order valence-electron chi connectivity index (χ1n) is 11.3. The molecule has 1 N–H and O–H groups in total. The average molecular weight is 469 g/mol. The third-order valence-corrected chi connectivity index (χ3v) is 6.71. The SMILES string of the molecule is Cc1ccc2[nH]ncc2c1-c1ccc2c(c1Cl)OC[C@H]1CN(C(=O)OC(C)(C)C)CCN1C2. The number of aromatic nitrogens is 2. The van der Waals surface area contributed by atoms with Crippen LogP contribution in [0.1, 0.15) is 31.9 Å². The first-order chi connectivity index (χ1) is 15.7. The lowest BCUT2D eigenvalue weighted by Gasteiger charge is -2.40. The lowest BCUT2D eigenvalue weighted by atomic mass is 9.95. The van der Waals surface area contributed by atoms with E-state index in [0.29, 0.717) is 24.7 Å². The van der Waals surface area contributed by atoms with Crippen LogP contribution >= 0.6 is 11.6 Å². The van der Waals surface area contributed by atoms with Gasteiger partial charge in [-0.05, 0) is 44.9 Å². The van der Waals surface area contributed by atoms with Crippen LogP contribution in [0.2, 0.25) is 5.02 Å². The zero-order valence-electron chi connectivity index (χ0n) is 19.4. The molecule has 0 aliphatic carbocycles. The predicted octanol–water partition coefficient (Wildman–Crippen LogP) is 5.01. The fourth-order valence-corrected chi connectivity index (χ4v) is 5.04. The summed E-state index contributed by atoms with van der Waals surface area (Å²) in [5.41, 5.74) is 4.66. The van der Waals surface area contributed by atoms with Gasteiger partial charge in [-0.3, -0.25) is 10.00 Å². The first kappa shape index (κ1) is 22.0. The Kier molecular flexibility index (Phi) is 5.49. The van der Waals surface area contributed by atoms with Crippen LogP contribution in [0, 0.1) is 6.92 Å². The van der Waals surface area contributed by atoms with E-state index in [2.05, 4.69) is 40.2 Å². The smallest absolute Gasteiger partial charge is 0.410 e. The second-order valence-electron chi connectivity index (χ2n) is 9.87. The van der Waals surface area contributed by atoms with Crippen molar-refractivity contribution in [3.63, 3.8) is 0 Å². The van der Waals surface area contributed by atoms with E-state index in [1.165, 1.54) is 0 Å². The molecule has 0 saturated carbocycles. The number of piperazine rings is 1. The summed E-state index contributed by atoms with van der Waals surface area (Å²) in [6.07, 6.45) is 1.57. The van der Waals surface area contributed by atoms with Gasteiger partial charge in [-0.25, -0.2) is 4.79 Å². The van der Waals surface area contributed by atoms with Crippen LogP contribution in [-0.2, 0) is 11.3 Å². The molecule has 0 bridgehead atoms. The number of hydrogen-bond donors (Lipinski definition) is 1. The van der Waals surface area contributed by atoms with Crippen molar-refractivity contribution < 1.29 is 14.3 Å². The van der Waals surface area contributed by atoms with E-state index in [1.807, 2.05) is 33.0 Å². The van der Waals surface area contributed by atoms with Crippen LogP contribution in [0.3, 0.4) is 0 Å². The zero-order chi connectivity index (χ0) is 23.3. The fourth-order valence-electron chi connectivity index (χ4n) is 4.70. The maximum Gasteiger partial charge on any atom is 0.410 e. The quantitative estimate of drug-likeness (QED) is 0.543. The van der Waals surface area contributed by atoms with E-state index in [1.54, 1.807) is 4.90 Å². The Balaban J connectivity index is 1.42. The molecule has 8 heteroatoms. The topological polar surface area (TPSA) is 70.7 Å². The van der Waals surface area contributed by atoms with E-state index in [-0.39, 0.29) is 12.1 Å². The van der Waals surface area contributed by atoms with Gasteiger partial charge in [0.25, 0.3) is 0 Å². The molecule has 0 radical (unpaired) electrons. The number of nitrogens with zero attached hydrogens (tertiary/aromatic N) is 3. The lowest BCUT2D eigenvalue weighted by molar-refractivity contribution is -0.00154. The normalized spacial score (nSPS) is 18.9. The van der Waals surface area contributed by atoms with Crippen molar-refractivity contribution in [1.82, 2.24) is 20.0 Å².